The molecule has 1 atom stereocenters. The minimum Gasteiger partial charge on any atom is -0.381 e. The molecule has 0 bridgehead atoms. The van der Waals surface area contributed by atoms with Crippen molar-refractivity contribution in [1.29, 1.82) is 0 Å². The largest absolute Gasteiger partial charge is 0.381 e. The van der Waals surface area contributed by atoms with Crippen LogP contribution in [0.25, 0.3) is 11.1 Å². The van der Waals surface area contributed by atoms with E-state index < -0.39 is 0 Å². The quantitative estimate of drug-likeness (QED) is 0.558. The van der Waals surface area contributed by atoms with E-state index in [9.17, 15) is 0 Å². The Morgan fingerprint density at radius 3 is 2.96 bits per heavy atom. The Morgan fingerprint density at radius 1 is 1.28 bits per heavy atom. The number of pyridine rings is 1. The molecule has 1 unspecified atom stereocenters. The van der Waals surface area contributed by atoms with E-state index in [-0.39, 0.29) is 26.3 Å². The highest BCUT2D eigenvalue weighted by Gasteiger charge is 2.27. The molecule has 2 aromatic rings. The highest BCUT2D eigenvalue weighted by Crippen LogP contribution is 2.35. The molecule has 2 N–H and O–H groups in total. The fourth-order valence-corrected chi connectivity index (χ4v) is 6.28. The zero-order valence-electron chi connectivity index (χ0n) is 14.7. The van der Waals surface area contributed by atoms with Crippen LogP contribution in [-0.4, -0.2) is 22.2 Å². The summed E-state index contributed by atoms with van der Waals surface area (Å²) >= 11 is 0.136. The number of nitrogens with zero attached hydrogens (tertiary/aromatic N) is 1. The summed E-state index contributed by atoms with van der Waals surface area (Å²) in [5.41, 5.74) is 12.9. The van der Waals surface area contributed by atoms with Crippen LogP contribution in [0.2, 0.25) is 0 Å². The first kappa shape index (κ1) is 17.3. The van der Waals surface area contributed by atoms with Gasteiger partial charge in [0.15, 0.2) is 0 Å². The Labute approximate surface area is 159 Å². The third kappa shape index (κ3) is 3.71. The van der Waals surface area contributed by atoms with Gasteiger partial charge in [-0.15, -0.1) is 20.7 Å². The molecule has 4 rings (SSSR count). The monoisotopic (exact) mass is 448 g/mol. The predicted molar refractivity (Wildman–Crippen MR) is 112 cm³/mol. The Bertz CT molecular complexity index is 794. The van der Waals surface area contributed by atoms with Crippen molar-refractivity contribution in [3.05, 3.63) is 53.3 Å². The van der Waals surface area contributed by atoms with Gasteiger partial charge in [0, 0.05) is 34.9 Å². The molecule has 0 saturated carbocycles. The zero-order chi connectivity index (χ0) is 17.3. The van der Waals surface area contributed by atoms with Gasteiger partial charge in [0.25, 0.3) is 0 Å². The summed E-state index contributed by atoms with van der Waals surface area (Å²) in [5, 5.41) is 0. The number of hydrogen-bond acceptors (Lipinski definition) is 3. The highest BCUT2D eigenvalue weighted by atomic mass is 127. The number of hydrogen-bond donors (Lipinski definition) is 1. The number of rotatable bonds is 4. The third-order valence-electron chi connectivity index (χ3n) is 5.35. The molecule has 132 valence electrons. The van der Waals surface area contributed by atoms with Gasteiger partial charge < -0.3 is 10.5 Å². The van der Waals surface area contributed by atoms with Gasteiger partial charge in [0.2, 0.25) is 0 Å². The molecule has 3 heterocycles. The average molecular weight is 448 g/mol. The molecule has 0 spiro atoms. The Kier molecular flexibility index (Phi) is 5.02. The lowest BCUT2D eigenvalue weighted by Crippen LogP contribution is -2.36. The maximum absolute atomic E-state index is 6.77. The molecule has 2 aliphatic rings. The molecule has 1 aromatic heterocycles. The van der Waals surface area contributed by atoms with Crippen molar-refractivity contribution in [3.8, 4) is 11.1 Å². The smallest absolute Gasteiger partial charge is 0.0579 e. The van der Waals surface area contributed by atoms with Gasteiger partial charge in [-0.05, 0) is 64.9 Å². The van der Waals surface area contributed by atoms with Gasteiger partial charge in [-0.25, -0.2) is 0 Å². The van der Waals surface area contributed by atoms with Crippen molar-refractivity contribution in [2.45, 2.75) is 36.2 Å². The predicted octanol–water partition coefficient (Wildman–Crippen LogP) is 4.37. The summed E-state index contributed by atoms with van der Waals surface area (Å²) in [6.07, 6.45) is 5.23. The maximum Gasteiger partial charge on any atom is 0.0579 e. The second-order valence-electron chi connectivity index (χ2n) is 7.37. The van der Waals surface area contributed by atoms with E-state index in [1.165, 1.54) is 32.4 Å². The molecule has 4 heteroatoms. The Morgan fingerprint density at radius 2 is 2.12 bits per heavy atom. The van der Waals surface area contributed by atoms with E-state index in [0.29, 0.717) is 5.92 Å². The van der Waals surface area contributed by atoms with E-state index in [0.717, 1.165) is 32.5 Å². The van der Waals surface area contributed by atoms with Crippen molar-refractivity contribution in [2.75, 3.05) is 13.2 Å². The van der Waals surface area contributed by atoms with Crippen LogP contribution in [-0.2, 0) is 14.7 Å². The van der Waals surface area contributed by atoms with Gasteiger partial charge in [0.1, 0.15) is 0 Å². The van der Waals surface area contributed by atoms with Crippen molar-refractivity contribution < 1.29 is 4.74 Å². The first-order valence-corrected chi connectivity index (χ1v) is 11.8. The van der Waals surface area contributed by atoms with E-state index >= 15 is 0 Å². The van der Waals surface area contributed by atoms with Crippen LogP contribution >= 0.6 is 20.7 Å². The number of halogens is 1. The fourth-order valence-electron chi connectivity index (χ4n) is 3.90. The molecule has 2 aliphatic heterocycles. The number of ether oxygens (including phenoxy) is 1. The van der Waals surface area contributed by atoms with Crippen LogP contribution in [0.3, 0.4) is 0 Å². The molecule has 0 aliphatic carbocycles. The molecule has 1 aromatic carbocycles. The summed E-state index contributed by atoms with van der Waals surface area (Å²) in [6, 6.07) is 11.0. The van der Waals surface area contributed by atoms with E-state index in [2.05, 4.69) is 46.3 Å². The van der Waals surface area contributed by atoms with Gasteiger partial charge >= 0.3 is 0 Å². The van der Waals surface area contributed by atoms with Crippen LogP contribution in [0.4, 0.5) is 0 Å². The SMILES string of the molecule is CC(N)(CC1CCOCC1)c1cccc(-c2ccnc3c2C=IC3)c1. The van der Waals surface area contributed by atoms with Crippen molar-refractivity contribution in [3.63, 3.8) is 0 Å². The van der Waals surface area contributed by atoms with Crippen molar-refractivity contribution >= 4 is 24.7 Å². The number of fused-ring (bicyclic) bond motifs is 1. The molecule has 3 nitrogen and oxygen atoms in total. The standard InChI is InChI=1S/C21H25IN2O/c1-21(23,12-15-6-9-25-10-7-15)17-4-2-3-16(11-17)18-5-8-24-20-14-22-13-19(18)20/h2-5,8,11,13,15H,6-7,9-10,12,14,23H2,1H3. The number of benzene rings is 1. The van der Waals surface area contributed by atoms with Crippen molar-refractivity contribution in [1.82, 2.24) is 4.98 Å². The molecular formula is C21H25IN2O. The Balaban J connectivity index is 1.63. The van der Waals surface area contributed by atoms with Crippen molar-refractivity contribution in [2.24, 2.45) is 11.7 Å². The molecule has 1 fully saturated rings. The summed E-state index contributed by atoms with van der Waals surface area (Å²) in [4.78, 5) is 4.55. The highest BCUT2D eigenvalue weighted by molar-refractivity contribution is 14.2. The minimum absolute atomic E-state index is 0.136. The van der Waals surface area contributed by atoms with E-state index in [1.807, 2.05) is 6.20 Å². The first-order chi connectivity index (χ1) is 12.1. The molecular weight excluding hydrogens is 423 g/mol. The van der Waals surface area contributed by atoms with Gasteiger partial charge in [-0.1, -0.05) is 18.2 Å². The average Bonchev–Trinajstić information content (AvgIpc) is 3.11. The lowest BCUT2D eigenvalue weighted by atomic mass is 9.80. The molecule has 1 saturated heterocycles. The summed E-state index contributed by atoms with van der Waals surface area (Å²) in [7, 11) is 0. The zero-order valence-corrected chi connectivity index (χ0v) is 16.8. The van der Waals surface area contributed by atoms with Gasteiger partial charge in [0.05, 0.1) is 5.69 Å². The van der Waals surface area contributed by atoms with Gasteiger partial charge in [-0.2, -0.15) is 0 Å². The summed E-state index contributed by atoms with van der Waals surface area (Å²) < 4.78 is 9.08. The maximum atomic E-state index is 6.77. The fraction of sp³-hybridized carbons (Fsp3) is 0.429. The van der Waals surface area contributed by atoms with Crippen LogP contribution in [0, 0.1) is 5.92 Å². The molecule has 25 heavy (non-hydrogen) atoms. The van der Waals surface area contributed by atoms with Crippen LogP contribution in [0.15, 0.2) is 36.5 Å². The third-order valence-corrected chi connectivity index (χ3v) is 7.58. The second-order valence-corrected chi connectivity index (χ2v) is 9.64. The van der Waals surface area contributed by atoms with Crippen LogP contribution in [0.1, 0.15) is 43.0 Å². The van der Waals surface area contributed by atoms with Gasteiger partial charge in [-0.3, -0.25) is 4.98 Å². The first-order valence-electron chi connectivity index (χ1n) is 9.00. The lowest BCUT2D eigenvalue weighted by Gasteiger charge is -2.32. The minimum atomic E-state index is -0.301. The second kappa shape index (κ2) is 7.25. The Hall–Kier alpha value is -1.11. The lowest BCUT2D eigenvalue weighted by molar-refractivity contribution is 0.0570. The normalized spacial score (nSPS) is 19.9. The number of nitrogens with two attached hydrogens (primary N) is 1. The topological polar surface area (TPSA) is 48.1 Å². The summed E-state index contributed by atoms with van der Waals surface area (Å²) in [5.74, 6) is 0.663. The summed E-state index contributed by atoms with van der Waals surface area (Å²) in [6.45, 7) is 3.93. The van der Waals surface area contributed by atoms with Crippen LogP contribution in [0.5, 0.6) is 0 Å². The van der Waals surface area contributed by atoms with E-state index in [4.69, 9.17) is 10.5 Å². The van der Waals surface area contributed by atoms with E-state index in [1.54, 1.807) is 0 Å². The number of alkyl halides is 1. The molecule has 0 amide bonds. The van der Waals surface area contributed by atoms with Crippen LogP contribution < -0.4 is 5.73 Å². The molecule has 0 radical (unpaired) electrons. The number of aromatic nitrogens is 1.